The molecule has 1 aliphatic rings. The van der Waals surface area contributed by atoms with Crippen molar-refractivity contribution in [3.05, 3.63) is 72.1 Å². The molecule has 3 aromatic rings. The lowest BCUT2D eigenvalue weighted by Gasteiger charge is -2.36. The number of nitrogens with zero attached hydrogens (tertiary/aromatic N) is 4. The Labute approximate surface area is 171 Å². The molecule has 4 rings (SSSR count). The first-order chi connectivity index (χ1) is 14.2. The standard InChI is InChI=1S/C23H26N4O2/c1-3-29-22-12-8-7-11-20(22)25-13-15-26(16-14-25)23(28)21-17-18(2)24-27(21)19-9-5-4-6-10-19/h4-12,17H,3,13-16H2,1-2H3. The minimum absolute atomic E-state index is 0.0206. The third-order valence-electron chi connectivity index (χ3n) is 5.12. The quantitative estimate of drug-likeness (QED) is 0.669. The number of ether oxygens (including phenoxy) is 1. The van der Waals surface area contributed by atoms with Crippen LogP contribution in [0.15, 0.2) is 60.7 Å². The van der Waals surface area contributed by atoms with Crippen LogP contribution in [0.1, 0.15) is 23.1 Å². The smallest absolute Gasteiger partial charge is 0.272 e. The Bertz CT molecular complexity index is 976. The molecule has 0 unspecified atom stereocenters. The average molecular weight is 390 g/mol. The van der Waals surface area contributed by atoms with E-state index in [4.69, 9.17) is 4.74 Å². The van der Waals surface area contributed by atoms with Crippen LogP contribution in [0.2, 0.25) is 0 Å². The Kier molecular flexibility index (Phi) is 5.51. The van der Waals surface area contributed by atoms with Crippen LogP contribution >= 0.6 is 0 Å². The molecule has 0 saturated carbocycles. The van der Waals surface area contributed by atoms with Crippen LogP contribution in [-0.2, 0) is 0 Å². The molecule has 0 aliphatic carbocycles. The predicted molar refractivity (Wildman–Crippen MR) is 114 cm³/mol. The van der Waals surface area contributed by atoms with Crippen LogP contribution in [0, 0.1) is 6.92 Å². The lowest BCUT2D eigenvalue weighted by molar-refractivity contribution is 0.0737. The SMILES string of the molecule is CCOc1ccccc1N1CCN(C(=O)c2cc(C)nn2-c2ccccc2)CC1. The van der Waals surface area contributed by atoms with E-state index in [0.717, 1.165) is 35.9 Å². The van der Waals surface area contributed by atoms with Gasteiger partial charge in [0.2, 0.25) is 0 Å². The van der Waals surface area contributed by atoms with Crippen LogP contribution in [0.25, 0.3) is 5.69 Å². The molecule has 1 saturated heterocycles. The third-order valence-corrected chi connectivity index (χ3v) is 5.12. The maximum atomic E-state index is 13.2. The first-order valence-corrected chi connectivity index (χ1v) is 10.1. The molecule has 150 valence electrons. The van der Waals surface area contributed by atoms with Crippen molar-refractivity contribution in [2.45, 2.75) is 13.8 Å². The lowest BCUT2D eigenvalue weighted by Crippen LogP contribution is -2.49. The molecule has 1 aliphatic heterocycles. The van der Waals surface area contributed by atoms with Gasteiger partial charge in [-0.1, -0.05) is 30.3 Å². The predicted octanol–water partition coefficient (Wildman–Crippen LogP) is 3.54. The van der Waals surface area contributed by atoms with Crippen molar-refractivity contribution in [3.8, 4) is 11.4 Å². The summed E-state index contributed by atoms with van der Waals surface area (Å²) in [6.45, 7) is 7.42. The molecule has 2 aromatic carbocycles. The van der Waals surface area contributed by atoms with Gasteiger partial charge in [-0.15, -0.1) is 0 Å². The number of carbonyl (C=O) groups is 1. The molecular formula is C23H26N4O2. The highest BCUT2D eigenvalue weighted by Gasteiger charge is 2.26. The molecule has 0 spiro atoms. The number of aromatic nitrogens is 2. The maximum absolute atomic E-state index is 13.2. The average Bonchev–Trinajstić information content (AvgIpc) is 3.16. The molecule has 0 N–H and O–H groups in total. The van der Waals surface area contributed by atoms with Gasteiger partial charge in [0.15, 0.2) is 0 Å². The highest BCUT2D eigenvalue weighted by molar-refractivity contribution is 5.93. The summed E-state index contributed by atoms with van der Waals surface area (Å²) in [6.07, 6.45) is 0. The summed E-state index contributed by atoms with van der Waals surface area (Å²) in [6, 6.07) is 19.8. The number of para-hydroxylation sites is 3. The van der Waals surface area contributed by atoms with E-state index in [0.29, 0.717) is 25.4 Å². The number of aryl methyl sites for hydroxylation is 1. The Morgan fingerprint density at radius 1 is 1.00 bits per heavy atom. The van der Waals surface area contributed by atoms with Crippen molar-refractivity contribution in [2.75, 3.05) is 37.7 Å². The number of anilines is 1. The molecular weight excluding hydrogens is 364 g/mol. The second-order valence-electron chi connectivity index (χ2n) is 7.10. The van der Waals surface area contributed by atoms with Gasteiger partial charge in [0.05, 0.1) is 23.7 Å². The van der Waals surface area contributed by atoms with Crippen molar-refractivity contribution in [1.82, 2.24) is 14.7 Å². The monoisotopic (exact) mass is 390 g/mol. The zero-order valence-corrected chi connectivity index (χ0v) is 16.9. The molecule has 6 nitrogen and oxygen atoms in total. The van der Waals surface area contributed by atoms with Crippen molar-refractivity contribution in [3.63, 3.8) is 0 Å². The topological polar surface area (TPSA) is 50.6 Å². The highest BCUT2D eigenvalue weighted by atomic mass is 16.5. The van der Waals surface area contributed by atoms with E-state index in [9.17, 15) is 4.79 Å². The second-order valence-corrected chi connectivity index (χ2v) is 7.10. The number of amides is 1. The third kappa shape index (κ3) is 3.97. The van der Waals surface area contributed by atoms with Crippen molar-refractivity contribution in [1.29, 1.82) is 0 Å². The summed E-state index contributed by atoms with van der Waals surface area (Å²) < 4.78 is 7.51. The molecule has 1 amide bonds. The van der Waals surface area contributed by atoms with E-state index in [1.807, 2.05) is 73.3 Å². The number of hydrogen-bond donors (Lipinski definition) is 0. The lowest BCUT2D eigenvalue weighted by atomic mass is 10.2. The summed E-state index contributed by atoms with van der Waals surface area (Å²) >= 11 is 0. The Morgan fingerprint density at radius 2 is 1.69 bits per heavy atom. The van der Waals surface area contributed by atoms with Crippen LogP contribution in [0.5, 0.6) is 5.75 Å². The molecule has 6 heteroatoms. The molecule has 29 heavy (non-hydrogen) atoms. The van der Waals surface area contributed by atoms with Gasteiger partial charge in [-0.3, -0.25) is 4.79 Å². The van der Waals surface area contributed by atoms with Crippen LogP contribution in [-0.4, -0.2) is 53.4 Å². The Balaban J connectivity index is 1.50. The molecule has 2 heterocycles. The van der Waals surface area contributed by atoms with Gasteiger partial charge >= 0.3 is 0 Å². The van der Waals surface area contributed by atoms with Crippen LogP contribution in [0.4, 0.5) is 5.69 Å². The Morgan fingerprint density at radius 3 is 2.41 bits per heavy atom. The van der Waals surface area contributed by atoms with E-state index < -0.39 is 0 Å². The first-order valence-electron chi connectivity index (χ1n) is 10.1. The minimum atomic E-state index is 0.0206. The summed E-state index contributed by atoms with van der Waals surface area (Å²) in [5.74, 6) is 0.916. The van der Waals surface area contributed by atoms with Crippen molar-refractivity contribution >= 4 is 11.6 Å². The molecule has 0 radical (unpaired) electrons. The summed E-state index contributed by atoms with van der Waals surface area (Å²) in [5.41, 5.74) is 3.43. The number of carbonyl (C=O) groups excluding carboxylic acids is 1. The Hall–Kier alpha value is -3.28. The first kappa shape index (κ1) is 19.1. The fourth-order valence-electron chi connectivity index (χ4n) is 3.73. The summed E-state index contributed by atoms with van der Waals surface area (Å²) in [4.78, 5) is 17.4. The van der Waals surface area contributed by atoms with E-state index in [1.165, 1.54) is 0 Å². The van der Waals surface area contributed by atoms with Gasteiger partial charge < -0.3 is 14.5 Å². The zero-order valence-electron chi connectivity index (χ0n) is 16.9. The normalized spacial score (nSPS) is 14.1. The fourth-order valence-corrected chi connectivity index (χ4v) is 3.73. The van der Waals surface area contributed by atoms with Crippen molar-refractivity contribution in [2.24, 2.45) is 0 Å². The van der Waals surface area contributed by atoms with Gasteiger partial charge in [0, 0.05) is 26.2 Å². The molecule has 0 atom stereocenters. The van der Waals surface area contributed by atoms with Gasteiger partial charge in [-0.2, -0.15) is 5.10 Å². The van der Waals surface area contributed by atoms with E-state index in [-0.39, 0.29) is 5.91 Å². The summed E-state index contributed by atoms with van der Waals surface area (Å²) in [7, 11) is 0. The highest BCUT2D eigenvalue weighted by Crippen LogP contribution is 2.29. The van der Waals surface area contributed by atoms with Gasteiger partial charge in [-0.25, -0.2) is 4.68 Å². The van der Waals surface area contributed by atoms with Gasteiger partial charge in [0.25, 0.3) is 5.91 Å². The molecule has 1 aromatic heterocycles. The number of hydrogen-bond acceptors (Lipinski definition) is 4. The minimum Gasteiger partial charge on any atom is -0.492 e. The molecule has 1 fully saturated rings. The van der Waals surface area contributed by atoms with E-state index in [2.05, 4.69) is 16.1 Å². The van der Waals surface area contributed by atoms with Gasteiger partial charge in [-0.05, 0) is 44.2 Å². The van der Waals surface area contributed by atoms with E-state index in [1.54, 1.807) is 4.68 Å². The largest absolute Gasteiger partial charge is 0.492 e. The fraction of sp³-hybridized carbons (Fsp3) is 0.304. The summed E-state index contributed by atoms with van der Waals surface area (Å²) in [5, 5.41) is 4.53. The van der Waals surface area contributed by atoms with Crippen LogP contribution < -0.4 is 9.64 Å². The number of piperazine rings is 1. The number of benzene rings is 2. The second kappa shape index (κ2) is 8.39. The van der Waals surface area contributed by atoms with Crippen molar-refractivity contribution < 1.29 is 9.53 Å². The number of rotatable bonds is 5. The van der Waals surface area contributed by atoms with E-state index >= 15 is 0 Å². The van der Waals surface area contributed by atoms with Crippen LogP contribution in [0.3, 0.4) is 0 Å². The zero-order chi connectivity index (χ0) is 20.2. The molecule has 0 bridgehead atoms. The maximum Gasteiger partial charge on any atom is 0.272 e. The van der Waals surface area contributed by atoms with Gasteiger partial charge in [0.1, 0.15) is 11.4 Å².